The van der Waals surface area contributed by atoms with Gasteiger partial charge in [0.05, 0.1) is 24.3 Å². The third kappa shape index (κ3) is 5.29. The number of ether oxygens (including phenoxy) is 3. The lowest BCUT2D eigenvalue weighted by Crippen LogP contribution is -2.73. The molecule has 7 rings (SSSR count). The maximum atomic E-state index is 14.3. The second-order valence-electron chi connectivity index (χ2n) is 19.0. The van der Waals surface area contributed by atoms with E-state index >= 15 is 0 Å². The fourth-order valence-electron chi connectivity index (χ4n) is 13.7. The smallest absolute Gasteiger partial charge is 0.338 e. The fraction of sp³-hybridized carbons (Fsp3) is 0.644. The van der Waals surface area contributed by atoms with E-state index in [-0.39, 0.29) is 63.0 Å². The van der Waals surface area contributed by atoms with Crippen LogP contribution in [0.5, 0.6) is 11.5 Å². The molecule has 0 spiro atoms. The highest BCUT2D eigenvalue weighted by atomic mass is 16.6. The molecule has 52 heavy (non-hydrogen) atoms. The second kappa shape index (κ2) is 12.6. The number of benzene rings is 2. The molecule has 0 amide bonds. The first-order valence-corrected chi connectivity index (χ1v) is 19.6. The molecular weight excluding hydrogens is 652 g/mol. The number of aromatic hydroxyl groups is 1. The van der Waals surface area contributed by atoms with Gasteiger partial charge in [-0.2, -0.15) is 0 Å². The van der Waals surface area contributed by atoms with Crippen molar-refractivity contribution in [1.82, 2.24) is 0 Å². The molecule has 2 aromatic rings. The van der Waals surface area contributed by atoms with Crippen LogP contribution in [0.15, 0.2) is 60.7 Å². The summed E-state index contributed by atoms with van der Waals surface area (Å²) in [7, 11) is 1.47. The van der Waals surface area contributed by atoms with Crippen molar-refractivity contribution in [2.75, 3.05) is 7.11 Å². The Bertz CT molecular complexity index is 1730. The van der Waals surface area contributed by atoms with Crippen molar-refractivity contribution in [3.05, 3.63) is 71.8 Å². The van der Waals surface area contributed by atoms with E-state index in [0.29, 0.717) is 35.8 Å². The van der Waals surface area contributed by atoms with E-state index in [1.54, 1.807) is 12.1 Å². The number of methoxy groups -OCH3 is 1. The highest BCUT2D eigenvalue weighted by molar-refractivity contribution is 5.90. The lowest BCUT2D eigenvalue weighted by atomic mass is 9.31. The number of phenolic OH excluding ortho intramolecular Hbond substituents is 1. The van der Waals surface area contributed by atoms with Crippen molar-refractivity contribution in [1.29, 1.82) is 0 Å². The van der Waals surface area contributed by atoms with E-state index in [9.17, 15) is 19.8 Å². The van der Waals surface area contributed by atoms with Crippen molar-refractivity contribution in [2.24, 2.45) is 56.7 Å². The minimum Gasteiger partial charge on any atom is -0.504 e. The zero-order valence-corrected chi connectivity index (χ0v) is 32.5. The number of esters is 2. The van der Waals surface area contributed by atoms with Crippen LogP contribution in [0.2, 0.25) is 0 Å². The Kier molecular flexibility index (Phi) is 8.99. The number of allylic oxidation sites excluding steroid dienone is 1. The number of aliphatic hydroxyl groups is 1. The SMILES string of the molecule is C=C(C)[C@@H]1CC[C@]2(C)C[C@@H](OC(=O)c3ccccc3)[C@]3(C)C(C[C@@H](OC(=O)c4ccc(O)c(OC)c4)C4[C@@]5(C)CC[C@H](O)C(C)(C)C5CC[C@]43C)C12. The zero-order chi connectivity index (χ0) is 37.6. The number of carbonyl (C=O) groups excluding carboxylic acids is 2. The van der Waals surface area contributed by atoms with Crippen LogP contribution in [-0.2, 0) is 9.47 Å². The molecule has 12 atom stereocenters. The van der Waals surface area contributed by atoms with Crippen molar-refractivity contribution in [3.8, 4) is 11.5 Å². The van der Waals surface area contributed by atoms with Gasteiger partial charge >= 0.3 is 11.9 Å². The zero-order valence-electron chi connectivity index (χ0n) is 32.5. The monoisotopic (exact) mass is 712 g/mol. The minimum absolute atomic E-state index is 0.0321. The van der Waals surface area contributed by atoms with E-state index in [0.717, 1.165) is 38.5 Å². The molecule has 4 unspecified atom stereocenters. The minimum atomic E-state index is -0.427. The lowest BCUT2D eigenvalue weighted by Gasteiger charge is -2.74. The van der Waals surface area contributed by atoms with Gasteiger partial charge in [-0.1, -0.05) is 71.9 Å². The van der Waals surface area contributed by atoms with Crippen molar-refractivity contribution >= 4 is 11.9 Å². The lowest BCUT2D eigenvalue weighted by molar-refractivity contribution is -0.298. The number of fused-ring (bicyclic) bond motifs is 7. The molecule has 5 fully saturated rings. The first-order chi connectivity index (χ1) is 24.4. The van der Waals surface area contributed by atoms with E-state index in [2.05, 4.69) is 55.0 Å². The highest BCUT2D eigenvalue weighted by Gasteiger charge is 2.76. The maximum Gasteiger partial charge on any atom is 0.338 e. The second-order valence-corrected chi connectivity index (χ2v) is 19.0. The standard InChI is InChI=1S/C45H60O7/c1-26(2)29-17-20-42(5)25-36(52-39(48)27-13-11-10-12-14-27)45(8)30(37(29)42)24-33(51-40(49)28-15-16-31(46)32(23-28)50-9)38-43(6)21-19-35(47)41(3,4)34(43)18-22-44(38,45)7/h10-16,23,29-30,33-38,46-47H,1,17-22,24-25H2,2-9H3/t29-,30?,33+,34?,35-,36+,37?,38?,42+,43-,44+,45-/m0/s1. The number of rotatable bonds is 6. The summed E-state index contributed by atoms with van der Waals surface area (Å²) < 4.78 is 19.1. The van der Waals surface area contributed by atoms with Gasteiger partial charge in [0.2, 0.25) is 0 Å². The number of hydrogen-bond acceptors (Lipinski definition) is 7. The van der Waals surface area contributed by atoms with Crippen LogP contribution in [0.1, 0.15) is 121 Å². The van der Waals surface area contributed by atoms with Gasteiger partial charge in [0.1, 0.15) is 12.2 Å². The largest absolute Gasteiger partial charge is 0.504 e. The average Bonchev–Trinajstić information content (AvgIpc) is 3.45. The molecule has 5 saturated carbocycles. The van der Waals surface area contributed by atoms with E-state index < -0.39 is 23.6 Å². The number of hydrogen-bond donors (Lipinski definition) is 2. The molecule has 0 bridgehead atoms. The number of aliphatic hydroxyl groups excluding tert-OH is 1. The molecule has 7 heteroatoms. The summed E-state index contributed by atoms with van der Waals surface area (Å²) in [6.45, 7) is 20.7. The number of phenols is 1. The van der Waals surface area contributed by atoms with Gasteiger partial charge < -0.3 is 24.4 Å². The summed E-state index contributed by atoms with van der Waals surface area (Å²) in [6, 6.07) is 14.0. The third-order valence-electron chi connectivity index (χ3n) is 16.3. The van der Waals surface area contributed by atoms with Crippen LogP contribution >= 0.6 is 0 Å². The topological polar surface area (TPSA) is 102 Å². The molecule has 0 radical (unpaired) electrons. The summed E-state index contributed by atoms with van der Waals surface area (Å²) in [6.07, 6.45) is 5.72. The Morgan fingerprint density at radius 3 is 2.23 bits per heavy atom. The average molecular weight is 713 g/mol. The Labute approximate surface area is 310 Å². The molecule has 0 heterocycles. The molecule has 0 aliphatic heterocycles. The Morgan fingerprint density at radius 2 is 1.56 bits per heavy atom. The Morgan fingerprint density at radius 1 is 0.865 bits per heavy atom. The van der Waals surface area contributed by atoms with E-state index in [1.165, 1.54) is 18.7 Å². The van der Waals surface area contributed by atoms with Gasteiger partial charge in [-0.25, -0.2) is 9.59 Å². The molecule has 0 aromatic heterocycles. The van der Waals surface area contributed by atoms with E-state index in [1.807, 2.05) is 30.3 Å². The quantitative estimate of drug-likeness (QED) is 0.227. The molecule has 0 saturated heterocycles. The third-order valence-corrected chi connectivity index (χ3v) is 16.3. The summed E-state index contributed by atoms with van der Waals surface area (Å²) in [5, 5.41) is 21.7. The molecule has 5 aliphatic carbocycles. The van der Waals surface area contributed by atoms with Crippen LogP contribution in [0.3, 0.4) is 0 Å². The predicted molar refractivity (Wildman–Crippen MR) is 201 cm³/mol. The summed E-state index contributed by atoms with van der Waals surface area (Å²) in [5.74, 6) is 0.368. The van der Waals surface area contributed by atoms with Gasteiger partial charge in [-0.05, 0) is 134 Å². The fourth-order valence-corrected chi connectivity index (χ4v) is 13.7. The van der Waals surface area contributed by atoms with Gasteiger partial charge in [0, 0.05) is 11.3 Å². The van der Waals surface area contributed by atoms with Crippen LogP contribution in [-0.4, -0.2) is 47.6 Å². The van der Waals surface area contributed by atoms with Crippen molar-refractivity contribution in [3.63, 3.8) is 0 Å². The molecule has 2 aromatic carbocycles. The summed E-state index contributed by atoms with van der Waals surface area (Å²) in [5.41, 5.74) is 0.664. The van der Waals surface area contributed by atoms with Gasteiger partial charge in [-0.3, -0.25) is 0 Å². The van der Waals surface area contributed by atoms with Crippen LogP contribution in [0.25, 0.3) is 0 Å². The Balaban J connectivity index is 1.39. The van der Waals surface area contributed by atoms with Crippen LogP contribution in [0.4, 0.5) is 0 Å². The molecule has 282 valence electrons. The number of carbonyl (C=O) groups is 2. The first-order valence-electron chi connectivity index (χ1n) is 19.6. The van der Waals surface area contributed by atoms with Gasteiger partial charge in [-0.15, -0.1) is 0 Å². The van der Waals surface area contributed by atoms with Crippen molar-refractivity contribution < 1.29 is 34.0 Å². The van der Waals surface area contributed by atoms with Gasteiger partial charge in [0.15, 0.2) is 11.5 Å². The highest BCUT2D eigenvalue weighted by Crippen LogP contribution is 2.78. The predicted octanol–water partition coefficient (Wildman–Crippen LogP) is 9.41. The molecule has 5 aliphatic rings. The van der Waals surface area contributed by atoms with E-state index in [4.69, 9.17) is 14.2 Å². The normalized spacial score (nSPS) is 41.7. The first kappa shape index (κ1) is 37.0. The molecule has 7 nitrogen and oxygen atoms in total. The molecule has 2 N–H and O–H groups in total. The van der Waals surface area contributed by atoms with Gasteiger partial charge in [0.25, 0.3) is 0 Å². The maximum absolute atomic E-state index is 14.3. The molecular formula is C45H60O7. The van der Waals surface area contributed by atoms with Crippen molar-refractivity contribution in [2.45, 2.75) is 118 Å². The summed E-state index contributed by atoms with van der Waals surface area (Å²) >= 11 is 0. The Hall–Kier alpha value is -3.32. The van der Waals surface area contributed by atoms with Crippen LogP contribution < -0.4 is 4.74 Å². The van der Waals surface area contributed by atoms with Crippen LogP contribution in [0, 0.1) is 56.7 Å². The summed E-state index contributed by atoms with van der Waals surface area (Å²) in [4.78, 5) is 28.4.